The number of rotatable bonds is 14. The van der Waals surface area contributed by atoms with Crippen molar-refractivity contribution in [1.82, 2.24) is 20.2 Å². The van der Waals surface area contributed by atoms with Gasteiger partial charge < -0.3 is 14.2 Å². The normalized spacial score (nSPS) is 11.6. The fourth-order valence-electron chi connectivity index (χ4n) is 2.96. The van der Waals surface area contributed by atoms with E-state index in [0.717, 1.165) is 37.0 Å². The third-order valence-corrected chi connectivity index (χ3v) is 4.75. The second kappa shape index (κ2) is 13.2. The summed E-state index contributed by atoms with van der Waals surface area (Å²) in [6, 6.07) is 7.49. The van der Waals surface area contributed by atoms with Gasteiger partial charge in [-0.25, -0.2) is 4.79 Å². The minimum absolute atomic E-state index is 0.0267. The molecule has 0 bridgehead atoms. The fourth-order valence-corrected chi connectivity index (χ4v) is 2.96. The first-order chi connectivity index (χ1) is 15.4. The second-order valence-corrected chi connectivity index (χ2v) is 7.59. The van der Waals surface area contributed by atoms with Gasteiger partial charge in [-0.2, -0.15) is 4.80 Å². The zero-order valence-electron chi connectivity index (χ0n) is 19.1. The molecule has 174 valence electrons. The number of esters is 2. The number of hydrogen-bond donors (Lipinski definition) is 0. The zero-order chi connectivity index (χ0) is 23.3. The van der Waals surface area contributed by atoms with Crippen molar-refractivity contribution in [2.45, 2.75) is 71.6 Å². The van der Waals surface area contributed by atoms with Gasteiger partial charge in [-0.15, -0.1) is 10.2 Å². The van der Waals surface area contributed by atoms with E-state index in [1.807, 2.05) is 31.2 Å². The molecule has 0 unspecified atom stereocenters. The molecule has 0 aliphatic carbocycles. The lowest BCUT2D eigenvalue weighted by Crippen LogP contribution is -2.18. The molecule has 1 aromatic carbocycles. The number of unbranched alkanes of at least 4 members (excludes halogenated alkanes) is 3. The van der Waals surface area contributed by atoms with Gasteiger partial charge in [0.2, 0.25) is 5.82 Å². The van der Waals surface area contributed by atoms with Gasteiger partial charge in [0.25, 0.3) is 0 Å². The van der Waals surface area contributed by atoms with E-state index in [1.165, 1.54) is 11.2 Å². The topological polar surface area (TPSA) is 105 Å². The van der Waals surface area contributed by atoms with E-state index in [1.54, 1.807) is 7.11 Å². The van der Waals surface area contributed by atoms with Crippen LogP contribution in [-0.4, -0.2) is 45.4 Å². The number of benzene rings is 1. The molecule has 2 aromatic rings. The molecule has 2 rings (SSSR count). The largest absolute Gasteiger partial charge is 0.497 e. The molecule has 1 atom stereocenters. The number of methoxy groups -OCH3 is 1. The molecule has 9 heteroatoms. The van der Waals surface area contributed by atoms with Crippen LogP contribution >= 0.6 is 0 Å². The maximum atomic E-state index is 12.1. The highest BCUT2D eigenvalue weighted by Gasteiger charge is 2.17. The average molecular weight is 445 g/mol. The van der Waals surface area contributed by atoms with Crippen LogP contribution in [0.3, 0.4) is 0 Å². The summed E-state index contributed by atoms with van der Waals surface area (Å²) in [4.78, 5) is 25.5. The number of tetrazole rings is 1. The Hall–Kier alpha value is -3.23. The molecule has 0 aliphatic heterocycles. The highest BCUT2D eigenvalue weighted by Crippen LogP contribution is 2.13. The van der Waals surface area contributed by atoms with Crippen LogP contribution in [0.15, 0.2) is 36.4 Å². The van der Waals surface area contributed by atoms with E-state index >= 15 is 0 Å². The number of hydrogen-bond acceptors (Lipinski definition) is 8. The van der Waals surface area contributed by atoms with Crippen LogP contribution in [0.25, 0.3) is 0 Å². The Morgan fingerprint density at radius 1 is 1.16 bits per heavy atom. The van der Waals surface area contributed by atoms with E-state index < -0.39 is 11.9 Å². The third kappa shape index (κ3) is 8.87. The Bertz CT molecular complexity index is 879. The lowest BCUT2D eigenvalue weighted by molar-refractivity contribution is -0.150. The molecule has 0 saturated carbocycles. The first-order valence-electron chi connectivity index (χ1n) is 10.8. The molecule has 0 radical (unpaired) electrons. The number of aromatic nitrogens is 4. The molecule has 1 aromatic heterocycles. The van der Waals surface area contributed by atoms with Gasteiger partial charge >= 0.3 is 11.9 Å². The van der Waals surface area contributed by atoms with Crippen molar-refractivity contribution in [2.24, 2.45) is 0 Å². The summed E-state index contributed by atoms with van der Waals surface area (Å²) in [5, 5.41) is 12.0. The quantitative estimate of drug-likeness (QED) is 0.247. The molecular weight excluding hydrogens is 412 g/mol. The Morgan fingerprint density at radius 3 is 2.59 bits per heavy atom. The first-order valence-corrected chi connectivity index (χ1v) is 10.8. The van der Waals surface area contributed by atoms with Gasteiger partial charge in [0.05, 0.1) is 26.2 Å². The van der Waals surface area contributed by atoms with Gasteiger partial charge in [-0.3, -0.25) is 4.79 Å². The van der Waals surface area contributed by atoms with Crippen LogP contribution in [0.5, 0.6) is 5.75 Å². The summed E-state index contributed by atoms with van der Waals surface area (Å²) in [5.74, 6) is -0.163. The molecule has 0 N–H and O–H groups in total. The Labute approximate surface area is 188 Å². The van der Waals surface area contributed by atoms with Crippen LogP contribution in [0, 0.1) is 0 Å². The van der Waals surface area contributed by atoms with Crippen molar-refractivity contribution < 1.29 is 23.8 Å². The monoisotopic (exact) mass is 444 g/mol. The zero-order valence-corrected chi connectivity index (χ0v) is 19.1. The summed E-state index contributed by atoms with van der Waals surface area (Å²) in [6.07, 6.45) is 4.87. The van der Waals surface area contributed by atoms with Crippen LogP contribution in [0.2, 0.25) is 0 Å². The maximum Gasteiger partial charge on any atom is 0.334 e. The number of ether oxygens (including phenoxy) is 3. The fraction of sp³-hybridized carbons (Fsp3) is 0.522. The minimum atomic E-state index is -0.691. The predicted octanol–water partition coefficient (Wildman–Crippen LogP) is 3.62. The lowest BCUT2D eigenvalue weighted by Gasteiger charge is -2.13. The summed E-state index contributed by atoms with van der Waals surface area (Å²) in [7, 11) is 1.61. The number of nitrogens with zero attached hydrogens (tertiary/aromatic N) is 4. The standard InChI is InChI=1S/C23H32N4O5/c1-5-6-7-8-9-18(3)32-22(28)14-17(2)23(29)31-16-21-24-26-27(25-21)15-19-10-12-20(30-4)13-11-19/h10-13,18H,2,5-9,14-16H2,1,3-4H3/t18-/m0/s1. The molecule has 32 heavy (non-hydrogen) atoms. The van der Waals surface area contributed by atoms with Gasteiger partial charge in [0.1, 0.15) is 5.75 Å². The van der Waals surface area contributed by atoms with Gasteiger partial charge in [-0.1, -0.05) is 44.9 Å². The molecule has 0 spiro atoms. The van der Waals surface area contributed by atoms with Crippen molar-refractivity contribution in [1.29, 1.82) is 0 Å². The van der Waals surface area contributed by atoms with Crippen molar-refractivity contribution >= 4 is 11.9 Å². The first kappa shape index (κ1) is 25.0. The van der Waals surface area contributed by atoms with Crippen molar-refractivity contribution in [2.75, 3.05) is 7.11 Å². The Morgan fingerprint density at radius 2 is 1.91 bits per heavy atom. The van der Waals surface area contributed by atoms with Gasteiger partial charge in [0, 0.05) is 5.57 Å². The van der Waals surface area contributed by atoms with Crippen LogP contribution in [0.4, 0.5) is 0 Å². The summed E-state index contributed by atoms with van der Waals surface area (Å²) in [6.45, 7) is 7.88. The summed E-state index contributed by atoms with van der Waals surface area (Å²) in [5.41, 5.74) is 0.997. The van der Waals surface area contributed by atoms with Gasteiger partial charge in [0.15, 0.2) is 6.61 Å². The van der Waals surface area contributed by atoms with Gasteiger partial charge in [-0.05, 0) is 42.7 Å². The summed E-state index contributed by atoms with van der Waals surface area (Å²) >= 11 is 0. The summed E-state index contributed by atoms with van der Waals surface area (Å²) < 4.78 is 15.6. The lowest BCUT2D eigenvalue weighted by atomic mass is 10.1. The number of carbonyl (C=O) groups is 2. The molecule has 0 aliphatic rings. The Kier molecular flexibility index (Phi) is 10.4. The second-order valence-electron chi connectivity index (χ2n) is 7.59. The van der Waals surface area contributed by atoms with E-state index in [0.29, 0.717) is 6.54 Å². The number of carbonyl (C=O) groups excluding carboxylic acids is 2. The molecule has 0 amide bonds. The molecular formula is C23H32N4O5. The molecule has 1 heterocycles. The predicted molar refractivity (Wildman–Crippen MR) is 118 cm³/mol. The molecule has 0 saturated heterocycles. The third-order valence-electron chi connectivity index (χ3n) is 4.75. The van der Waals surface area contributed by atoms with Crippen molar-refractivity contribution in [3.8, 4) is 5.75 Å². The van der Waals surface area contributed by atoms with E-state index in [2.05, 4.69) is 28.9 Å². The van der Waals surface area contributed by atoms with Crippen molar-refractivity contribution in [3.63, 3.8) is 0 Å². The minimum Gasteiger partial charge on any atom is -0.497 e. The van der Waals surface area contributed by atoms with Crippen LogP contribution in [0.1, 0.15) is 63.8 Å². The Balaban J connectivity index is 1.71. The maximum absolute atomic E-state index is 12.1. The van der Waals surface area contributed by atoms with E-state index in [9.17, 15) is 9.59 Å². The highest BCUT2D eigenvalue weighted by atomic mass is 16.5. The van der Waals surface area contributed by atoms with E-state index in [4.69, 9.17) is 14.2 Å². The van der Waals surface area contributed by atoms with Crippen LogP contribution in [-0.2, 0) is 32.2 Å². The van der Waals surface area contributed by atoms with E-state index in [-0.39, 0.29) is 30.5 Å². The molecule has 9 nitrogen and oxygen atoms in total. The molecule has 0 fully saturated rings. The smallest absolute Gasteiger partial charge is 0.334 e. The SMILES string of the molecule is C=C(CC(=O)O[C@@H](C)CCCCCC)C(=O)OCc1nnn(Cc2ccc(OC)cc2)n1. The van der Waals surface area contributed by atoms with Crippen molar-refractivity contribution in [3.05, 3.63) is 47.8 Å². The van der Waals surface area contributed by atoms with Crippen LogP contribution < -0.4 is 4.74 Å². The average Bonchev–Trinajstić information content (AvgIpc) is 3.22. The highest BCUT2D eigenvalue weighted by molar-refractivity contribution is 5.93.